The van der Waals surface area contributed by atoms with Crippen LogP contribution < -0.4 is 11.1 Å². The minimum absolute atomic E-state index is 0.230. The van der Waals surface area contributed by atoms with Crippen LogP contribution in [-0.2, 0) is 0 Å². The van der Waals surface area contributed by atoms with Crippen LogP contribution in [0.15, 0.2) is 24.3 Å². The summed E-state index contributed by atoms with van der Waals surface area (Å²) in [6, 6.07) is 7.69. The first-order valence-electron chi connectivity index (χ1n) is 6.22. The van der Waals surface area contributed by atoms with E-state index in [0.717, 1.165) is 24.5 Å². The van der Waals surface area contributed by atoms with Crippen LogP contribution in [0.3, 0.4) is 0 Å². The number of hydrogen-bond donors (Lipinski definition) is 2. The number of nitrogens with zero attached hydrogens (tertiary/aromatic N) is 4. The van der Waals surface area contributed by atoms with Gasteiger partial charge in [0.2, 0.25) is 0 Å². The van der Waals surface area contributed by atoms with Crippen LogP contribution in [0, 0.1) is 0 Å². The molecule has 2 aromatic rings. The highest BCUT2D eigenvalue weighted by Crippen LogP contribution is 2.19. The van der Waals surface area contributed by atoms with Gasteiger partial charge in [0, 0.05) is 5.69 Å². The monoisotopic (exact) mass is 244 g/mol. The number of nitrogens with one attached hydrogen (secondary N) is 1. The topological polar surface area (TPSA) is 81.7 Å². The Balaban J connectivity index is 1.84. The van der Waals surface area contributed by atoms with E-state index in [0.29, 0.717) is 5.69 Å². The standard InChI is InChI=1S/C12H16N6/c13-9-4-3-5-10(8-9)18-16-12(15-17-18)11-6-1-2-7-14-11/h3-5,8,11,14H,1-2,6-7,13H2/t11-/m1/s1. The molecule has 6 nitrogen and oxygen atoms in total. The van der Waals surface area contributed by atoms with Crippen molar-refractivity contribution in [2.45, 2.75) is 25.3 Å². The molecule has 94 valence electrons. The second-order valence-electron chi connectivity index (χ2n) is 4.53. The molecule has 3 N–H and O–H groups in total. The van der Waals surface area contributed by atoms with Crippen molar-refractivity contribution in [3.8, 4) is 5.69 Å². The number of anilines is 1. The number of nitrogen functional groups attached to an aromatic ring is 1. The zero-order valence-electron chi connectivity index (χ0n) is 10.1. The predicted octanol–water partition coefficient (Wildman–Crippen LogP) is 1.06. The fourth-order valence-electron chi connectivity index (χ4n) is 2.20. The largest absolute Gasteiger partial charge is 0.399 e. The Hall–Kier alpha value is -1.95. The van der Waals surface area contributed by atoms with Crippen LogP contribution in [0.5, 0.6) is 0 Å². The highest BCUT2D eigenvalue weighted by atomic mass is 15.6. The maximum Gasteiger partial charge on any atom is 0.192 e. The second-order valence-corrected chi connectivity index (χ2v) is 4.53. The van der Waals surface area contributed by atoms with Crippen molar-refractivity contribution in [3.63, 3.8) is 0 Å². The lowest BCUT2D eigenvalue weighted by atomic mass is 10.1. The summed E-state index contributed by atoms with van der Waals surface area (Å²) in [6.07, 6.45) is 3.51. The van der Waals surface area contributed by atoms with E-state index in [4.69, 9.17) is 5.73 Å². The Morgan fingerprint density at radius 3 is 3.06 bits per heavy atom. The number of hydrogen-bond acceptors (Lipinski definition) is 5. The van der Waals surface area contributed by atoms with Gasteiger partial charge < -0.3 is 11.1 Å². The third-order valence-electron chi connectivity index (χ3n) is 3.15. The molecular weight excluding hydrogens is 228 g/mol. The molecule has 0 radical (unpaired) electrons. The zero-order valence-corrected chi connectivity index (χ0v) is 10.1. The summed E-state index contributed by atoms with van der Waals surface area (Å²) in [5, 5.41) is 16.0. The van der Waals surface area contributed by atoms with Crippen molar-refractivity contribution < 1.29 is 0 Å². The molecule has 1 aromatic carbocycles. The molecule has 0 bridgehead atoms. The molecule has 1 atom stereocenters. The summed E-state index contributed by atoms with van der Waals surface area (Å²) >= 11 is 0. The molecule has 18 heavy (non-hydrogen) atoms. The minimum Gasteiger partial charge on any atom is -0.399 e. The van der Waals surface area contributed by atoms with Gasteiger partial charge in [-0.15, -0.1) is 15.0 Å². The van der Waals surface area contributed by atoms with Gasteiger partial charge in [-0.2, -0.15) is 0 Å². The fraction of sp³-hybridized carbons (Fsp3) is 0.417. The van der Waals surface area contributed by atoms with E-state index in [1.54, 1.807) is 0 Å². The average molecular weight is 244 g/mol. The third kappa shape index (κ3) is 2.19. The lowest BCUT2D eigenvalue weighted by Crippen LogP contribution is -2.27. The van der Waals surface area contributed by atoms with Crippen LogP contribution >= 0.6 is 0 Å². The average Bonchev–Trinajstić information content (AvgIpc) is 2.89. The van der Waals surface area contributed by atoms with Crippen LogP contribution in [0.25, 0.3) is 5.69 Å². The molecule has 2 heterocycles. The number of piperidine rings is 1. The first kappa shape index (κ1) is 11.2. The van der Waals surface area contributed by atoms with Crippen molar-refractivity contribution in [1.82, 2.24) is 25.5 Å². The Morgan fingerprint density at radius 1 is 1.33 bits per heavy atom. The number of benzene rings is 1. The van der Waals surface area contributed by atoms with Crippen molar-refractivity contribution >= 4 is 5.69 Å². The molecule has 0 spiro atoms. The van der Waals surface area contributed by atoms with Gasteiger partial charge in [0.05, 0.1) is 11.7 Å². The predicted molar refractivity (Wildman–Crippen MR) is 68.2 cm³/mol. The third-order valence-corrected chi connectivity index (χ3v) is 3.15. The van der Waals surface area contributed by atoms with Crippen LogP contribution in [0.4, 0.5) is 5.69 Å². The lowest BCUT2D eigenvalue weighted by Gasteiger charge is -2.19. The van der Waals surface area contributed by atoms with E-state index < -0.39 is 0 Å². The Bertz CT molecular complexity index is 529. The molecule has 1 aromatic heterocycles. The normalized spacial score (nSPS) is 19.9. The van der Waals surface area contributed by atoms with E-state index in [-0.39, 0.29) is 6.04 Å². The summed E-state index contributed by atoms with van der Waals surface area (Å²) in [5.41, 5.74) is 7.28. The highest BCUT2D eigenvalue weighted by Gasteiger charge is 2.19. The number of nitrogens with two attached hydrogens (primary N) is 1. The van der Waals surface area contributed by atoms with Crippen LogP contribution in [0.2, 0.25) is 0 Å². The smallest absolute Gasteiger partial charge is 0.192 e. The van der Waals surface area contributed by atoms with Crippen molar-refractivity contribution in [1.29, 1.82) is 0 Å². The van der Waals surface area contributed by atoms with Crippen molar-refractivity contribution in [3.05, 3.63) is 30.1 Å². The number of tetrazole rings is 1. The van der Waals surface area contributed by atoms with Gasteiger partial charge in [0.15, 0.2) is 5.82 Å². The summed E-state index contributed by atoms with van der Waals surface area (Å²) in [6.45, 7) is 1.03. The van der Waals surface area contributed by atoms with E-state index in [1.165, 1.54) is 17.6 Å². The van der Waals surface area contributed by atoms with Gasteiger partial charge in [0.25, 0.3) is 0 Å². The SMILES string of the molecule is Nc1cccc(-n2nnc([C@H]3CCCCN3)n2)c1. The van der Waals surface area contributed by atoms with Gasteiger partial charge in [0.1, 0.15) is 0 Å². The fourth-order valence-corrected chi connectivity index (χ4v) is 2.20. The quantitative estimate of drug-likeness (QED) is 0.772. The highest BCUT2D eigenvalue weighted by molar-refractivity contribution is 5.46. The van der Waals surface area contributed by atoms with Gasteiger partial charge in [-0.3, -0.25) is 0 Å². The van der Waals surface area contributed by atoms with E-state index >= 15 is 0 Å². The van der Waals surface area contributed by atoms with Crippen molar-refractivity contribution in [2.75, 3.05) is 12.3 Å². The van der Waals surface area contributed by atoms with Crippen LogP contribution in [-0.4, -0.2) is 26.8 Å². The van der Waals surface area contributed by atoms with Gasteiger partial charge in [-0.1, -0.05) is 12.5 Å². The lowest BCUT2D eigenvalue weighted by molar-refractivity contribution is 0.397. The van der Waals surface area contributed by atoms with Gasteiger partial charge in [-0.05, 0) is 42.8 Å². The molecule has 1 saturated heterocycles. The summed E-state index contributed by atoms with van der Waals surface area (Å²) < 4.78 is 0. The van der Waals surface area contributed by atoms with E-state index in [9.17, 15) is 0 Å². The van der Waals surface area contributed by atoms with Gasteiger partial charge in [-0.25, -0.2) is 0 Å². The molecule has 1 aliphatic heterocycles. The summed E-state index contributed by atoms with van der Waals surface area (Å²) in [7, 11) is 0. The molecule has 0 aliphatic carbocycles. The van der Waals surface area contributed by atoms with E-state index in [2.05, 4.69) is 20.7 Å². The molecule has 0 saturated carbocycles. The Kier molecular flexibility index (Phi) is 2.93. The molecule has 1 fully saturated rings. The molecule has 0 unspecified atom stereocenters. The second kappa shape index (κ2) is 4.73. The van der Waals surface area contributed by atoms with E-state index in [1.807, 2.05) is 24.3 Å². The maximum atomic E-state index is 5.74. The van der Waals surface area contributed by atoms with Crippen LogP contribution in [0.1, 0.15) is 31.1 Å². The molecule has 6 heteroatoms. The molecular formula is C12H16N6. The maximum absolute atomic E-state index is 5.74. The number of aromatic nitrogens is 4. The first-order valence-corrected chi connectivity index (χ1v) is 6.22. The molecule has 0 amide bonds. The molecule has 1 aliphatic rings. The number of rotatable bonds is 2. The Morgan fingerprint density at radius 2 is 2.28 bits per heavy atom. The molecule has 3 rings (SSSR count). The Labute approximate surface area is 105 Å². The summed E-state index contributed by atoms with van der Waals surface area (Å²) in [5.74, 6) is 0.761. The van der Waals surface area contributed by atoms with Gasteiger partial charge >= 0.3 is 0 Å². The minimum atomic E-state index is 0.230. The van der Waals surface area contributed by atoms with Crippen molar-refractivity contribution in [2.24, 2.45) is 0 Å². The first-order chi connectivity index (χ1) is 8.83. The summed E-state index contributed by atoms with van der Waals surface area (Å²) in [4.78, 5) is 1.53. The zero-order chi connectivity index (χ0) is 12.4.